The summed E-state index contributed by atoms with van der Waals surface area (Å²) in [6.07, 6.45) is 4.07. The van der Waals surface area contributed by atoms with E-state index in [9.17, 15) is 0 Å². The van der Waals surface area contributed by atoms with Gasteiger partial charge >= 0.3 is 0 Å². The second-order valence-electron chi connectivity index (χ2n) is 3.88. The molecule has 2 fully saturated rings. The lowest BCUT2D eigenvalue weighted by molar-refractivity contribution is 0.0674. The van der Waals surface area contributed by atoms with E-state index in [2.05, 4.69) is 6.92 Å². The van der Waals surface area contributed by atoms with Crippen molar-refractivity contribution in [1.82, 2.24) is 0 Å². The molecule has 2 rings (SSSR count). The Labute approximate surface area is 61.7 Å². The first-order chi connectivity index (χ1) is 4.70. The number of nitrogens with two attached hydrogens (primary N) is 1. The Bertz CT molecular complexity index is 140. The fourth-order valence-electron chi connectivity index (χ4n) is 1.81. The standard InChI is InChI=1S/C8H15NO/c1-8(9)4-5-10-7(8)6-2-3-6/h6-7H,2-5,9H2,1H3/t7-,8+/m0/s1. The second kappa shape index (κ2) is 1.95. The molecule has 2 heteroatoms. The molecule has 2 nitrogen and oxygen atoms in total. The van der Waals surface area contributed by atoms with Crippen LogP contribution in [-0.2, 0) is 4.74 Å². The molecule has 1 aliphatic heterocycles. The van der Waals surface area contributed by atoms with E-state index in [1.807, 2.05) is 0 Å². The van der Waals surface area contributed by atoms with Crippen molar-refractivity contribution in [2.75, 3.05) is 6.61 Å². The fraction of sp³-hybridized carbons (Fsp3) is 1.00. The van der Waals surface area contributed by atoms with E-state index in [1.165, 1.54) is 12.8 Å². The number of rotatable bonds is 1. The van der Waals surface area contributed by atoms with Gasteiger partial charge in [-0.1, -0.05) is 0 Å². The van der Waals surface area contributed by atoms with E-state index < -0.39 is 0 Å². The normalized spacial score (nSPS) is 48.0. The van der Waals surface area contributed by atoms with E-state index >= 15 is 0 Å². The van der Waals surface area contributed by atoms with Crippen LogP contribution in [0.2, 0.25) is 0 Å². The van der Waals surface area contributed by atoms with Crippen molar-refractivity contribution in [3.05, 3.63) is 0 Å². The number of hydrogen-bond donors (Lipinski definition) is 1. The van der Waals surface area contributed by atoms with Gasteiger partial charge in [-0.3, -0.25) is 0 Å². The van der Waals surface area contributed by atoms with Gasteiger partial charge in [0.25, 0.3) is 0 Å². The molecule has 0 aromatic heterocycles. The highest BCUT2D eigenvalue weighted by molar-refractivity contribution is 5.00. The summed E-state index contributed by atoms with van der Waals surface area (Å²) in [6.45, 7) is 2.98. The minimum atomic E-state index is -0.0266. The SMILES string of the molecule is C[C@@]1(N)CCO[C@H]1C1CC1. The van der Waals surface area contributed by atoms with Crippen LogP contribution in [0, 0.1) is 5.92 Å². The zero-order chi connectivity index (χ0) is 7.19. The Kier molecular flexibility index (Phi) is 1.29. The van der Waals surface area contributed by atoms with Gasteiger partial charge in [0.1, 0.15) is 0 Å². The van der Waals surface area contributed by atoms with Crippen LogP contribution in [0.4, 0.5) is 0 Å². The zero-order valence-electron chi connectivity index (χ0n) is 6.47. The van der Waals surface area contributed by atoms with Gasteiger partial charge in [0.05, 0.1) is 6.10 Å². The molecule has 2 aliphatic rings. The van der Waals surface area contributed by atoms with Crippen LogP contribution >= 0.6 is 0 Å². The Morgan fingerprint density at radius 3 is 2.60 bits per heavy atom. The molecule has 1 saturated carbocycles. The Hall–Kier alpha value is -0.0800. The number of ether oxygens (including phenoxy) is 1. The maximum Gasteiger partial charge on any atom is 0.0780 e. The molecule has 1 heterocycles. The Balaban J connectivity index is 2.05. The molecular weight excluding hydrogens is 126 g/mol. The highest BCUT2D eigenvalue weighted by atomic mass is 16.5. The predicted molar refractivity (Wildman–Crippen MR) is 39.7 cm³/mol. The third-order valence-corrected chi connectivity index (χ3v) is 2.64. The van der Waals surface area contributed by atoms with Crippen LogP contribution < -0.4 is 5.73 Å². The van der Waals surface area contributed by atoms with Crippen molar-refractivity contribution >= 4 is 0 Å². The molecule has 0 spiro atoms. The molecule has 0 aromatic rings. The third kappa shape index (κ3) is 0.956. The summed E-state index contributed by atoms with van der Waals surface area (Å²) in [7, 11) is 0. The summed E-state index contributed by atoms with van der Waals surface area (Å²) in [5.41, 5.74) is 6.01. The van der Waals surface area contributed by atoms with Crippen LogP contribution in [0.1, 0.15) is 26.2 Å². The summed E-state index contributed by atoms with van der Waals surface area (Å²) in [5.74, 6) is 0.789. The smallest absolute Gasteiger partial charge is 0.0780 e. The largest absolute Gasteiger partial charge is 0.376 e. The molecule has 1 saturated heterocycles. The zero-order valence-corrected chi connectivity index (χ0v) is 6.47. The molecule has 1 aliphatic carbocycles. The maximum atomic E-state index is 6.04. The lowest BCUT2D eigenvalue weighted by Crippen LogP contribution is -2.45. The quantitative estimate of drug-likeness (QED) is 0.589. The van der Waals surface area contributed by atoms with E-state index in [0.29, 0.717) is 6.10 Å². The summed E-state index contributed by atoms with van der Waals surface area (Å²) in [5, 5.41) is 0. The summed E-state index contributed by atoms with van der Waals surface area (Å²) < 4.78 is 5.57. The van der Waals surface area contributed by atoms with E-state index in [0.717, 1.165) is 18.9 Å². The molecule has 2 N–H and O–H groups in total. The van der Waals surface area contributed by atoms with Gasteiger partial charge in [0.15, 0.2) is 0 Å². The molecule has 0 unspecified atom stereocenters. The molecule has 0 amide bonds. The Morgan fingerprint density at radius 1 is 1.50 bits per heavy atom. The maximum absolute atomic E-state index is 6.04. The Morgan fingerprint density at radius 2 is 2.20 bits per heavy atom. The minimum absolute atomic E-state index is 0.0266. The highest BCUT2D eigenvalue weighted by Gasteiger charge is 2.45. The van der Waals surface area contributed by atoms with E-state index in [4.69, 9.17) is 10.5 Å². The molecule has 0 bridgehead atoms. The van der Waals surface area contributed by atoms with Crippen molar-refractivity contribution in [1.29, 1.82) is 0 Å². The lowest BCUT2D eigenvalue weighted by Gasteiger charge is -2.24. The summed E-state index contributed by atoms with van der Waals surface area (Å²) >= 11 is 0. The van der Waals surface area contributed by atoms with Crippen molar-refractivity contribution in [3.63, 3.8) is 0 Å². The van der Waals surface area contributed by atoms with Crippen molar-refractivity contribution < 1.29 is 4.74 Å². The van der Waals surface area contributed by atoms with Crippen molar-refractivity contribution in [3.8, 4) is 0 Å². The highest BCUT2D eigenvalue weighted by Crippen LogP contribution is 2.41. The molecule has 0 aromatic carbocycles. The van der Waals surface area contributed by atoms with Gasteiger partial charge < -0.3 is 10.5 Å². The first-order valence-electron chi connectivity index (χ1n) is 4.11. The topological polar surface area (TPSA) is 35.2 Å². The molecule has 0 radical (unpaired) electrons. The first kappa shape index (κ1) is 6.62. The minimum Gasteiger partial charge on any atom is -0.376 e. The van der Waals surface area contributed by atoms with Gasteiger partial charge in [-0.15, -0.1) is 0 Å². The molecule has 10 heavy (non-hydrogen) atoms. The molecule has 2 atom stereocenters. The van der Waals surface area contributed by atoms with Crippen molar-refractivity contribution in [2.24, 2.45) is 11.7 Å². The van der Waals surface area contributed by atoms with E-state index in [-0.39, 0.29) is 5.54 Å². The van der Waals surface area contributed by atoms with Gasteiger partial charge in [-0.05, 0) is 32.1 Å². The first-order valence-corrected chi connectivity index (χ1v) is 4.11. The predicted octanol–water partition coefficient (Wildman–Crippen LogP) is 0.903. The van der Waals surface area contributed by atoms with Gasteiger partial charge in [0, 0.05) is 12.1 Å². The summed E-state index contributed by atoms with van der Waals surface area (Å²) in [6, 6.07) is 0. The fourth-order valence-corrected chi connectivity index (χ4v) is 1.81. The van der Waals surface area contributed by atoms with Crippen LogP contribution in [0.5, 0.6) is 0 Å². The van der Waals surface area contributed by atoms with Crippen molar-refractivity contribution in [2.45, 2.75) is 37.8 Å². The second-order valence-corrected chi connectivity index (χ2v) is 3.88. The molecule has 58 valence electrons. The van der Waals surface area contributed by atoms with E-state index in [1.54, 1.807) is 0 Å². The van der Waals surface area contributed by atoms with Gasteiger partial charge in [-0.2, -0.15) is 0 Å². The van der Waals surface area contributed by atoms with Crippen LogP contribution in [0.15, 0.2) is 0 Å². The molecular formula is C8H15NO. The van der Waals surface area contributed by atoms with Crippen LogP contribution in [0.25, 0.3) is 0 Å². The van der Waals surface area contributed by atoms with Gasteiger partial charge in [0.2, 0.25) is 0 Å². The monoisotopic (exact) mass is 141 g/mol. The third-order valence-electron chi connectivity index (χ3n) is 2.64. The average molecular weight is 141 g/mol. The van der Waals surface area contributed by atoms with Crippen LogP contribution in [0.3, 0.4) is 0 Å². The number of hydrogen-bond acceptors (Lipinski definition) is 2. The van der Waals surface area contributed by atoms with Crippen LogP contribution in [-0.4, -0.2) is 18.2 Å². The van der Waals surface area contributed by atoms with Gasteiger partial charge in [-0.25, -0.2) is 0 Å². The average Bonchev–Trinajstić information content (AvgIpc) is 2.58. The lowest BCUT2D eigenvalue weighted by atomic mass is 9.92. The summed E-state index contributed by atoms with van der Waals surface area (Å²) in [4.78, 5) is 0.